The zero-order valence-corrected chi connectivity index (χ0v) is 16.0. The summed E-state index contributed by atoms with van der Waals surface area (Å²) >= 11 is 0. The molecule has 1 unspecified atom stereocenters. The van der Waals surface area contributed by atoms with Crippen molar-refractivity contribution in [1.29, 1.82) is 0 Å². The fraction of sp³-hybridized carbons (Fsp3) is 0.286. The van der Waals surface area contributed by atoms with Crippen LogP contribution in [-0.4, -0.2) is 33.7 Å². The zero-order valence-electron chi connectivity index (χ0n) is 16.0. The van der Waals surface area contributed by atoms with Gasteiger partial charge in [-0.1, -0.05) is 18.2 Å². The molecular formula is C21H22N2O5. The van der Waals surface area contributed by atoms with Gasteiger partial charge in [0.05, 0.1) is 25.2 Å². The Bertz CT molecular complexity index is 1040. The summed E-state index contributed by atoms with van der Waals surface area (Å²) in [7, 11) is 1.28. The van der Waals surface area contributed by atoms with E-state index in [1.807, 2.05) is 13.8 Å². The molecule has 0 fully saturated rings. The molecule has 0 saturated carbocycles. The predicted molar refractivity (Wildman–Crippen MR) is 104 cm³/mol. The van der Waals surface area contributed by atoms with Gasteiger partial charge >= 0.3 is 5.97 Å². The smallest absolute Gasteiger partial charge is 0.306 e. The minimum atomic E-state index is -0.711. The molecule has 28 heavy (non-hydrogen) atoms. The van der Waals surface area contributed by atoms with Gasteiger partial charge in [-0.2, -0.15) is 4.98 Å². The first-order valence-electron chi connectivity index (χ1n) is 8.94. The number of ether oxygens (including phenoxy) is 2. The molecule has 0 bridgehead atoms. The van der Waals surface area contributed by atoms with E-state index in [0.29, 0.717) is 17.0 Å². The first-order valence-corrected chi connectivity index (χ1v) is 8.94. The molecule has 0 aliphatic rings. The van der Waals surface area contributed by atoms with E-state index in [9.17, 15) is 14.7 Å². The van der Waals surface area contributed by atoms with Crippen molar-refractivity contribution in [2.75, 3.05) is 7.11 Å². The standard InChI is InChI=1S/C21H22N2O5/c1-13(2)28-15-9-7-14(8-10-15)16(12-18(24)27-3)19-20(25)22-17-6-4-5-11-23(17)21(19)26/h4-11,13,16,25H,12H2,1-3H3. The molecule has 0 aliphatic carbocycles. The normalized spacial score (nSPS) is 12.1. The average Bonchev–Trinajstić information content (AvgIpc) is 2.67. The Morgan fingerprint density at radius 2 is 1.89 bits per heavy atom. The van der Waals surface area contributed by atoms with Gasteiger partial charge in [-0.05, 0) is 43.7 Å². The molecular weight excluding hydrogens is 360 g/mol. The number of carbonyl (C=O) groups is 1. The molecule has 0 amide bonds. The lowest BCUT2D eigenvalue weighted by Crippen LogP contribution is -2.24. The highest BCUT2D eigenvalue weighted by Gasteiger charge is 2.27. The number of aromatic hydroxyl groups is 1. The fourth-order valence-electron chi connectivity index (χ4n) is 3.08. The lowest BCUT2D eigenvalue weighted by molar-refractivity contribution is -0.140. The van der Waals surface area contributed by atoms with Crippen molar-refractivity contribution >= 4 is 11.6 Å². The fourth-order valence-corrected chi connectivity index (χ4v) is 3.08. The van der Waals surface area contributed by atoms with Gasteiger partial charge in [-0.3, -0.25) is 14.0 Å². The maximum atomic E-state index is 13.0. The Morgan fingerprint density at radius 1 is 1.18 bits per heavy atom. The Kier molecular flexibility index (Phi) is 5.63. The number of esters is 1. The van der Waals surface area contributed by atoms with Crippen molar-refractivity contribution in [3.63, 3.8) is 0 Å². The zero-order chi connectivity index (χ0) is 20.3. The summed E-state index contributed by atoms with van der Waals surface area (Å²) in [5.41, 5.74) is 0.615. The molecule has 3 rings (SSSR count). The third-order valence-electron chi connectivity index (χ3n) is 4.35. The quantitative estimate of drug-likeness (QED) is 0.660. The van der Waals surface area contributed by atoms with Gasteiger partial charge in [0, 0.05) is 12.1 Å². The van der Waals surface area contributed by atoms with Crippen LogP contribution in [0.5, 0.6) is 11.6 Å². The Morgan fingerprint density at radius 3 is 2.54 bits per heavy atom. The molecule has 1 aromatic carbocycles. The number of fused-ring (bicyclic) bond motifs is 1. The van der Waals surface area contributed by atoms with Crippen LogP contribution in [0.25, 0.3) is 5.65 Å². The second kappa shape index (κ2) is 8.12. The van der Waals surface area contributed by atoms with Crippen molar-refractivity contribution in [1.82, 2.24) is 9.38 Å². The van der Waals surface area contributed by atoms with Crippen LogP contribution in [0, 0.1) is 0 Å². The van der Waals surface area contributed by atoms with Crippen molar-refractivity contribution in [3.05, 3.63) is 70.1 Å². The number of carbonyl (C=O) groups excluding carboxylic acids is 1. The van der Waals surface area contributed by atoms with E-state index >= 15 is 0 Å². The average molecular weight is 382 g/mol. The molecule has 0 aliphatic heterocycles. The van der Waals surface area contributed by atoms with Crippen LogP contribution in [0.3, 0.4) is 0 Å². The molecule has 2 heterocycles. The van der Waals surface area contributed by atoms with Crippen molar-refractivity contribution in [3.8, 4) is 11.6 Å². The van der Waals surface area contributed by atoms with Gasteiger partial charge < -0.3 is 14.6 Å². The third-order valence-corrected chi connectivity index (χ3v) is 4.35. The molecule has 0 spiro atoms. The molecule has 2 aromatic heterocycles. The van der Waals surface area contributed by atoms with Crippen LogP contribution < -0.4 is 10.3 Å². The monoisotopic (exact) mass is 382 g/mol. The summed E-state index contributed by atoms with van der Waals surface area (Å²) in [4.78, 5) is 29.2. The molecule has 7 nitrogen and oxygen atoms in total. The van der Waals surface area contributed by atoms with Gasteiger partial charge in [0.25, 0.3) is 5.56 Å². The first-order chi connectivity index (χ1) is 13.4. The van der Waals surface area contributed by atoms with Crippen LogP contribution >= 0.6 is 0 Å². The minimum Gasteiger partial charge on any atom is -0.493 e. The maximum absolute atomic E-state index is 13.0. The number of hydrogen-bond donors (Lipinski definition) is 1. The molecule has 7 heteroatoms. The number of pyridine rings is 1. The van der Waals surface area contributed by atoms with Gasteiger partial charge in [0.15, 0.2) is 0 Å². The Balaban J connectivity index is 2.12. The van der Waals surface area contributed by atoms with Crippen molar-refractivity contribution in [2.24, 2.45) is 0 Å². The lowest BCUT2D eigenvalue weighted by Gasteiger charge is -2.18. The molecule has 3 aromatic rings. The van der Waals surface area contributed by atoms with E-state index in [-0.39, 0.29) is 18.1 Å². The highest BCUT2D eigenvalue weighted by atomic mass is 16.5. The summed E-state index contributed by atoms with van der Waals surface area (Å²) in [6, 6.07) is 12.1. The second-order valence-corrected chi connectivity index (χ2v) is 6.65. The van der Waals surface area contributed by atoms with Crippen LogP contribution in [0.2, 0.25) is 0 Å². The maximum Gasteiger partial charge on any atom is 0.306 e. The summed E-state index contributed by atoms with van der Waals surface area (Å²) in [6.45, 7) is 3.85. The predicted octanol–water partition coefficient (Wildman–Crippen LogP) is 2.88. The third kappa shape index (κ3) is 3.98. The second-order valence-electron chi connectivity index (χ2n) is 6.65. The molecule has 1 N–H and O–H groups in total. The van der Waals surface area contributed by atoms with Gasteiger partial charge in [0.1, 0.15) is 11.4 Å². The largest absolute Gasteiger partial charge is 0.493 e. The number of nitrogens with zero attached hydrogens (tertiary/aromatic N) is 2. The highest BCUT2D eigenvalue weighted by Crippen LogP contribution is 2.32. The van der Waals surface area contributed by atoms with E-state index in [1.54, 1.807) is 48.7 Å². The number of hydrogen-bond acceptors (Lipinski definition) is 6. The van der Waals surface area contributed by atoms with E-state index in [2.05, 4.69) is 4.98 Å². The highest BCUT2D eigenvalue weighted by molar-refractivity contribution is 5.71. The van der Waals surface area contributed by atoms with E-state index in [0.717, 1.165) is 0 Å². The number of benzene rings is 1. The van der Waals surface area contributed by atoms with Crippen molar-refractivity contribution in [2.45, 2.75) is 32.3 Å². The topological polar surface area (TPSA) is 90.1 Å². The van der Waals surface area contributed by atoms with Gasteiger partial charge in [0.2, 0.25) is 5.88 Å². The van der Waals surface area contributed by atoms with Gasteiger partial charge in [-0.15, -0.1) is 0 Å². The molecule has 1 atom stereocenters. The lowest BCUT2D eigenvalue weighted by atomic mass is 9.89. The van der Waals surface area contributed by atoms with Crippen LogP contribution in [0.15, 0.2) is 53.5 Å². The number of rotatable bonds is 6. The van der Waals surface area contributed by atoms with E-state index < -0.39 is 23.3 Å². The van der Waals surface area contributed by atoms with Crippen molar-refractivity contribution < 1.29 is 19.4 Å². The summed E-state index contributed by atoms with van der Waals surface area (Å²) in [5.74, 6) is -0.928. The van der Waals surface area contributed by atoms with Gasteiger partial charge in [-0.25, -0.2) is 0 Å². The van der Waals surface area contributed by atoms with Crippen LogP contribution in [0.1, 0.15) is 37.3 Å². The molecule has 0 saturated heterocycles. The SMILES string of the molecule is COC(=O)CC(c1ccc(OC(C)C)cc1)c1c(O)nc2ccccn2c1=O. The summed E-state index contributed by atoms with van der Waals surface area (Å²) in [5, 5.41) is 10.5. The van der Waals surface area contributed by atoms with E-state index in [1.165, 1.54) is 11.5 Å². The van der Waals surface area contributed by atoms with Crippen LogP contribution in [0.4, 0.5) is 0 Å². The molecule has 0 radical (unpaired) electrons. The minimum absolute atomic E-state index is 0.0232. The first kappa shape index (κ1) is 19.4. The van der Waals surface area contributed by atoms with E-state index in [4.69, 9.17) is 9.47 Å². The van der Waals surface area contributed by atoms with Crippen LogP contribution in [-0.2, 0) is 9.53 Å². The summed E-state index contributed by atoms with van der Waals surface area (Å²) in [6.07, 6.45) is 1.49. The summed E-state index contributed by atoms with van der Waals surface area (Å²) < 4.78 is 11.8. The number of methoxy groups -OCH3 is 1. The Labute approximate surface area is 162 Å². The number of aromatic nitrogens is 2. The molecule has 146 valence electrons. The Hall–Kier alpha value is -3.35.